The summed E-state index contributed by atoms with van der Waals surface area (Å²) >= 11 is 0. The molecule has 116 valence electrons. The molecule has 2 aromatic rings. The Morgan fingerprint density at radius 2 is 1.82 bits per heavy atom. The van der Waals surface area contributed by atoms with Crippen LogP contribution in [-0.4, -0.2) is 30.6 Å². The molecule has 1 aliphatic rings. The zero-order valence-electron chi connectivity index (χ0n) is 12.8. The molecule has 0 saturated carbocycles. The first-order chi connectivity index (χ1) is 10.8. The smallest absolute Gasteiger partial charge is 0.127 e. The Morgan fingerprint density at radius 1 is 1.05 bits per heavy atom. The van der Waals surface area contributed by atoms with Gasteiger partial charge in [-0.1, -0.05) is 48.5 Å². The van der Waals surface area contributed by atoms with E-state index in [-0.39, 0.29) is 5.82 Å². The predicted molar refractivity (Wildman–Crippen MR) is 88.2 cm³/mol. The number of nitrogens with one attached hydrogen (secondary N) is 1. The van der Waals surface area contributed by atoms with Crippen molar-refractivity contribution in [2.75, 3.05) is 19.6 Å². The molecule has 1 fully saturated rings. The van der Waals surface area contributed by atoms with Crippen LogP contribution in [0.4, 0.5) is 4.39 Å². The van der Waals surface area contributed by atoms with Crippen molar-refractivity contribution in [1.82, 2.24) is 10.2 Å². The molecule has 0 bridgehead atoms. The molecule has 2 nitrogen and oxygen atoms in total. The summed E-state index contributed by atoms with van der Waals surface area (Å²) in [5, 5.41) is 3.51. The van der Waals surface area contributed by atoms with Gasteiger partial charge in [-0.25, -0.2) is 4.39 Å². The van der Waals surface area contributed by atoms with Gasteiger partial charge in [-0.2, -0.15) is 0 Å². The fraction of sp³-hybridized carbons (Fsp3) is 0.368. The number of halogens is 1. The summed E-state index contributed by atoms with van der Waals surface area (Å²) in [6, 6.07) is 18.1. The maximum absolute atomic E-state index is 14.0. The second kappa shape index (κ2) is 7.52. The van der Waals surface area contributed by atoms with Crippen molar-refractivity contribution >= 4 is 0 Å². The molecule has 1 saturated heterocycles. The molecule has 22 heavy (non-hydrogen) atoms. The molecule has 0 aromatic heterocycles. The van der Waals surface area contributed by atoms with E-state index in [1.807, 2.05) is 18.2 Å². The van der Waals surface area contributed by atoms with E-state index in [9.17, 15) is 4.39 Å². The molecule has 0 amide bonds. The SMILES string of the molecule is Fc1ccccc1CN1CCCNCC1Cc1ccccc1. The number of benzene rings is 2. The topological polar surface area (TPSA) is 15.3 Å². The lowest BCUT2D eigenvalue weighted by Crippen LogP contribution is -2.41. The summed E-state index contributed by atoms with van der Waals surface area (Å²) < 4.78 is 14.0. The van der Waals surface area contributed by atoms with Crippen LogP contribution in [0.25, 0.3) is 0 Å². The molecule has 0 spiro atoms. The highest BCUT2D eigenvalue weighted by molar-refractivity contribution is 5.19. The molecule has 0 radical (unpaired) electrons. The molecule has 1 unspecified atom stereocenters. The molecule has 1 atom stereocenters. The van der Waals surface area contributed by atoms with Gasteiger partial charge in [0.2, 0.25) is 0 Å². The third-order valence-electron chi connectivity index (χ3n) is 4.34. The van der Waals surface area contributed by atoms with Crippen LogP contribution in [0.15, 0.2) is 54.6 Å². The van der Waals surface area contributed by atoms with Gasteiger partial charge in [0, 0.05) is 31.2 Å². The van der Waals surface area contributed by atoms with E-state index >= 15 is 0 Å². The summed E-state index contributed by atoms with van der Waals surface area (Å²) in [5.41, 5.74) is 2.14. The van der Waals surface area contributed by atoms with E-state index in [1.165, 1.54) is 5.56 Å². The molecule has 1 aliphatic heterocycles. The molecule has 0 aliphatic carbocycles. The third-order valence-corrected chi connectivity index (χ3v) is 4.34. The largest absolute Gasteiger partial charge is 0.315 e. The zero-order valence-corrected chi connectivity index (χ0v) is 12.8. The Hall–Kier alpha value is -1.71. The minimum absolute atomic E-state index is 0.0989. The Bertz CT molecular complexity index is 585. The first-order valence-corrected chi connectivity index (χ1v) is 8.05. The maximum Gasteiger partial charge on any atom is 0.127 e. The minimum atomic E-state index is -0.0989. The number of rotatable bonds is 4. The molecular weight excluding hydrogens is 275 g/mol. The summed E-state index contributed by atoms with van der Waals surface area (Å²) in [6.07, 6.45) is 2.11. The van der Waals surface area contributed by atoms with E-state index in [4.69, 9.17) is 0 Å². The maximum atomic E-state index is 14.0. The van der Waals surface area contributed by atoms with Gasteiger partial charge >= 0.3 is 0 Å². The van der Waals surface area contributed by atoms with Crippen molar-refractivity contribution in [3.05, 3.63) is 71.5 Å². The fourth-order valence-corrected chi connectivity index (χ4v) is 3.13. The Labute approximate surface area is 132 Å². The van der Waals surface area contributed by atoms with Gasteiger partial charge in [0.25, 0.3) is 0 Å². The second-order valence-electron chi connectivity index (χ2n) is 5.96. The van der Waals surface area contributed by atoms with Crippen LogP contribution in [0.5, 0.6) is 0 Å². The van der Waals surface area contributed by atoms with Crippen LogP contribution in [0.3, 0.4) is 0 Å². The van der Waals surface area contributed by atoms with Crippen LogP contribution in [-0.2, 0) is 13.0 Å². The number of hydrogen-bond donors (Lipinski definition) is 1. The molecule has 2 aromatic carbocycles. The quantitative estimate of drug-likeness (QED) is 0.932. The van der Waals surface area contributed by atoms with E-state index < -0.39 is 0 Å². The second-order valence-corrected chi connectivity index (χ2v) is 5.96. The van der Waals surface area contributed by atoms with Crippen LogP contribution in [0.1, 0.15) is 17.5 Å². The van der Waals surface area contributed by atoms with Crippen molar-refractivity contribution in [3.63, 3.8) is 0 Å². The normalized spacial score (nSPS) is 19.8. The Balaban J connectivity index is 1.74. The Morgan fingerprint density at radius 3 is 2.64 bits per heavy atom. The highest BCUT2D eigenvalue weighted by Gasteiger charge is 2.22. The lowest BCUT2D eigenvalue weighted by molar-refractivity contribution is 0.196. The average Bonchev–Trinajstić information content (AvgIpc) is 2.76. The first-order valence-electron chi connectivity index (χ1n) is 8.05. The van der Waals surface area contributed by atoms with Gasteiger partial charge in [0.1, 0.15) is 5.82 Å². The predicted octanol–water partition coefficient (Wildman–Crippen LogP) is 3.23. The summed E-state index contributed by atoms with van der Waals surface area (Å²) in [4.78, 5) is 2.42. The van der Waals surface area contributed by atoms with Crippen LogP contribution in [0, 0.1) is 5.82 Å². The molecule has 1 heterocycles. The summed E-state index contributed by atoms with van der Waals surface area (Å²) in [5.74, 6) is -0.0989. The summed E-state index contributed by atoms with van der Waals surface area (Å²) in [6.45, 7) is 3.70. The van der Waals surface area contributed by atoms with Gasteiger partial charge in [-0.05, 0) is 31.0 Å². The molecule has 3 rings (SSSR count). The van der Waals surface area contributed by atoms with Crippen molar-refractivity contribution < 1.29 is 4.39 Å². The van der Waals surface area contributed by atoms with E-state index in [0.29, 0.717) is 12.6 Å². The lowest BCUT2D eigenvalue weighted by Gasteiger charge is -2.30. The first kappa shape index (κ1) is 15.2. The van der Waals surface area contributed by atoms with E-state index in [2.05, 4.69) is 34.5 Å². The van der Waals surface area contributed by atoms with Gasteiger partial charge in [0.05, 0.1) is 0 Å². The lowest BCUT2D eigenvalue weighted by atomic mass is 10.0. The van der Waals surface area contributed by atoms with Crippen LogP contribution >= 0.6 is 0 Å². The van der Waals surface area contributed by atoms with Crippen molar-refractivity contribution in [3.8, 4) is 0 Å². The van der Waals surface area contributed by atoms with E-state index in [0.717, 1.165) is 38.0 Å². The highest BCUT2D eigenvalue weighted by atomic mass is 19.1. The van der Waals surface area contributed by atoms with Gasteiger partial charge in [0.15, 0.2) is 0 Å². The monoisotopic (exact) mass is 298 g/mol. The minimum Gasteiger partial charge on any atom is -0.315 e. The molecular formula is C19H23FN2. The number of nitrogens with zero attached hydrogens (tertiary/aromatic N) is 1. The Kier molecular flexibility index (Phi) is 5.20. The van der Waals surface area contributed by atoms with Crippen molar-refractivity contribution in [1.29, 1.82) is 0 Å². The standard InChI is InChI=1S/C19H23FN2/c20-19-10-5-4-9-17(19)15-22-12-6-11-21-14-18(22)13-16-7-2-1-3-8-16/h1-5,7-10,18,21H,6,11-15H2. The van der Waals surface area contributed by atoms with Crippen molar-refractivity contribution in [2.24, 2.45) is 0 Å². The summed E-state index contributed by atoms with van der Waals surface area (Å²) in [7, 11) is 0. The highest BCUT2D eigenvalue weighted by Crippen LogP contribution is 2.17. The number of hydrogen-bond acceptors (Lipinski definition) is 2. The fourth-order valence-electron chi connectivity index (χ4n) is 3.13. The average molecular weight is 298 g/mol. The van der Waals surface area contributed by atoms with Gasteiger partial charge < -0.3 is 5.32 Å². The van der Waals surface area contributed by atoms with Crippen LogP contribution in [0.2, 0.25) is 0 Å². The van der Waals surface area contributed by atoms with E-state index in [1.54, 1.807) is 12.1 Å². The van der Waals surface area contributed by atoms with Crippen LogP contribution < -0.4 is 5.32 Å². The third kappa shape index (κ3) is 3.93. The molecule has 3 heteroatoms. The molecule has 1 N–H and O–H groups in total. The van der Waals surface area contributed by atoms with Crippen molar-refractivity contribution in [2.45, 2.75) is 25.4 Å². The van der Waals surface area contributed by atoms with Gasteiger partial charge in [-0.15, -0.1) is 0 Å². The van der Waals surface area contributed by atoms with Gasteiger partial charge in [-0.3, -0.25) is 4.90 Å². The zero-order chi connectivity index (χ0) is 15.2.